The van der Waals surface area contributed by atoms with Gasteiger partial charge < -0.3 is 10.5 Å². The summed E-state index contributed by atoms with van der Waals surface area (Å²) in [5.41, 5.74) is 5.59. The minimum absolute atomic E-state index is 0.0254. The Balaban J connectivity index is 2.33. The van der Waals surface area contributed by atoms with Crippen molar-refractivity contribution in [2.75, 3.05) is 13.2 Å². The van der Waals surface area contributed by atoms with Gasteiger partial charge in [-0.3, -0.25) is 9.20 Å². The van der Waals surface area contributed by atoms with Crippen molar-refractivity contribution in [1.29, 1.82) is 0 Å². The minimum Gasteiger partial charge on any atom is -0.492 e. The normalized spacial score (nSPS) is 10.7. The molecule has 2 rings (SSSR count). The van der Waals surface area contributed by atoms with Crippen LogP contribution in [0.3, 0.4) is 0 Å². The van der Waals surface area contributed by atoms with E-state index in [0.29, 0.717) is 6.61 Å². The van der Waals surface area contributed by atoms with Gasteiger partial charge in [0, 0.05) is 18.0 Å². The average Bonchev–Trinajstić information content (AvgIpc) is 2.30. The van der Waals surface area contributed by atoms with E-state index in [0.717, 1.165) is 29.8 Å². The van der Waals surface area contributed by atoms with Crippen molar-refractivity contribution in [2.45, 2.75) is 13.3 Å². The third-order valence-corrected chi connectivity index (χ3v) is 2.58. The van der Waals surface area contributed by atoms with Gasteiger partial charge in [0.1, 0.15) is 5.75 Å². The molecule has 90 valence electrons. The molecule has 0 aliphatic heterocycles. The first-order valence-electron chi connectivity index (χ1n) is 5.76. The number of nitrogens with zero attached hydrogens (tertiary/aromatic N) is 1. The van der Waals surface area contributed by atoms with Gasteiger partial charge in [-0.1, -0.05) is 0 Å². The van der Waals surface area contributed by atoms with Gasteiger partial charge in [-0.25, -0.2) is 0 Å². The summed E-state index contributed by atoms with van der Waals surface area (Å²) in [6, 6.07) is 7.37. The number of pyridine rings is 2. The topological polar surface area (TPSA) is 58.4 Å². The van der Waals surface area contributed by atoms with E-state index in [1.165, 1.54) is 0 Å². The molecule has 0 fully saturated rings. The maximum absolute atomic E-state index is 11.8. The van der Waals surface area contributed by atoms with Crippen LogP contribution in [-0.2, 0) is 0 Å². The van der Waals surface area contributed by atoms with Gasteiger partial charge in [0.15, 0.2) is 0 Å². The second-order valence-corrected chi connectivity index (χ2v) is 4.09. The molecular weight excluding hydrogens is 216 g/mol. The maximum atomic E-state index is 11.8. The molecule has 4 heteroatoms. The highest BCUT2D eigenvalue weighted by molar-refractivity contribution is 5.50. The molecule has 0 aliphatic carbocycles. The average molecular weight is 233 g/mol. The smallest absolute Gasteiger partial charge is 0.255 e. The van der Waals surface area contributed by atoms with E-state index >= 15 is 0 Å². The van der Waals surface area contributed by atoms with Crippen molar-refractivity contribution in [3.63, 3.8) is 0 Å². The van der Waals surface area contributed by atoms with Gasteiger partial charge in [-0.15, -0.1) is 0 Å². The summed E-state index contributed by atoms with van der Waals surface area (Å²) in [5.74, 6) is 0.719. The number of hydrogen-bond donors (Lipinski definition) is 1. The molecule has 0 bridgehead atoms. The molecule has 4 nitrogen and oxygen atoms in total. The molecule has 0 aromatic carbocycles. The molecule has 0 saturated heterocycles. The summed E-state index contributed by atoms with van der Waals surface area (Å²) in [4.78, 5) is 11.8. The molecule has 0 saturated carbocycles. The molecule has 2 aromatic heterocycles. The summed E-state index contributed by atoms with van der Waals surface area (Å²) < 4.78 is 7.14. The molecular formula is C13H17N2O2+. The largest absolute Gasteiger partial charge is 0.492 e. The number of aromatic nitrogens is 1. The molecule has 0 aliphatic rings. The van der Waals surface area contributed by atoms with Crippen molar-refractivity contribution in [1.82, 2.24) is 4.40 Å². The zero-order valence-corrected chi connectivity index (χ0v) is 9.98. The Morgan fingerprint density at radius 3 is 2.94 bits per heavy atom. The van der Waals surface area contributed by atoms with E-state index in [9.17, 15) is 4.79 Å². The van der Waals surface area contributed by atoms with Crippen molar-refractivity contribution in [3.8, 4) is 5.75 Å². The van der Waals surface area contributed by atoms with Crippen LogP contribution in [0.2, 0.25) is 0 Å². The second-order valence-electron chi connectivity index (χ2n) is 4.09. The van der Waals surface area contributed by atoms with Gasteiger partial charge in [0.2, 0.25) is 0 Å². The third-order valence-electron chi connectivity index (χ3n) is 2.58. The fraction of sp³-hybridized carbons (Fsp3) is 0.308. The molecule has 0 radical (unpaired) electrons. The predicted octanol–water partition coefficient (Wildman–Crippen LogP) is 0.619. The number of rotatable bonds is 4. The van der Waals surface area contributed by atoms with Crippen LogP contribution in [-0.4, -0.2) is 17.6 Å². The number of fused-ring (bicyclic) bond motifs is 1. The lowest BCUT2D eigenvalue weighted by Crippen LogP contribution is -2.50. The first kappa shape index (κ1) is 11.7. The molecule has 0 spiro atoms. The van der Waals surface area contributed by atoms with Gasteiger partial charge in [0.25, 0.3) is 5.56 Å². The summed E-state index contributed by atoms with van der Waals surface area (Å²) >= 11 is 0. The zero-order chi connectivity index (χ0) is 12.3. The highest BCUT2D eigenvalue weighted by Crippen LogP contribution is 2.12. The molecule has 0 atom stereocenters. The van der Waals surface area contributed by atoms with Gasteiger partial charge in [-0.2, -0.15) is 0 Å². The summed E-state index contributed by atoms with van der Waals surface area (Å²) in [7, 11) is 0. The number of quaternary nitrogens is 1. The van der Waals surface area contributed by atoms with Crippen molar-refractivity contribution in [3.05, 3.63) is 46.4 Å². The number of aryl methyl sites for hydroxylation is 1. The van der Waals surface area contributed by atoms with Crippen molar-refractivity contribution < 1.29 is 10.5 Å². The first-order valence-corrected chi connectivity index (χ1v) is 5.76. The Labute approximate surface area is 99.6 Å². The Morgan fingerprint density at radius 1 is 1.35 bits per heavy atom. The molecule has 17 heavy (non-hydrogen) atoms. The van der Waals surface area contributed by atoms with Crippen LogP contribution < -0.4 is 16.0 Å². The summed E-state index contributed by atoms with van der Waals surface area (Å²) in [5, 5.41) is 0. The lowest BCUT2D eigenvalue weighted by molar-refractivity contribution is -0.368. The Hall–Kier alpha value is -1.81. The Bertz CT molecular complexity index is 575. The SMILES string of the molecule is Cc1cc(=O)n2cc(OCCC[NH3+])ccc2c1. The van der Waals surface area contributed by atoms with Crippen LogP contribution in [0.15, 0.2) is 35.3 Å². The van der Waals surface area contributed by atoms with Crippen molar-refractivity contribution in [2.24, 2.45) is 0 Å². The predicted molar refractivity (Wildman–Crippen MR) is 66.3 cm³/mol. The lowest BCUT2D eigenvalue weighted by Gasteiger charge is -2.07. The Morgan fingerprint density at radius 2 is 2.18 bits per heavy atom. The zero-order valence-electron chi connectivity index (χ0n) is 9.98. The van der Waals surface area contributed by atoms with Crippen LogP contribution in [0, 0.1) is 6.92 Å². The second kappa shape index (κ2) is 5.01. The fourth-order valence-electron chi connectivity index (χ4n) is 1.72. The van der Waals surface area contributed by atoms with E-state index < -0.39 is 0 Å². The molecule has 0 amide bonds. The van der Waals surface area contributed by atoms with Crippen LogP contribution in [0.25, 0.3) is 5.52 Å². The Kier molecular flexibility index (Phi) is 3.44. The third kappa shape index (κ3) is 2.65. The minimum atomic E-state index is -0.0254. The molecule has 0 unspecified atom stereocenters. The van der Waals surface area contributed by atoms with E-state index in [4.69, 9.17) is 4.74 Å². The van der Waals surface area contributed by atoms with Gasteiger partial charge >= 0.3 is 0 Å². The van der Waals surface area contributed by atoms with E-state index in [1.54, 1.807) is 16.7 Å². The quantitative estimate of drug-likeness (QED) is 0.787. The molecule has 3 N–H and O–H groups in total. The van der Waals surface area contributed by atoms with Gasteiger partial charge in [0.05, 0.1) is 19.3 Å². The van der Waals surface area contributed by atoms with Crippen LogP contribution >= 0.6 is 0 Å². The fourth-order valence-corrected chi connectivity index (χ4v) is 1.72. The first-order chi connectivity index (χ1) is 8.20. The summed E-state index contributed by atoms with van der Waals surface area (Å²) in [6.07, 6.45) is 2.65. The number of ether oxygens (including phenoxy) is 1. The molecule has 2 aromatic rings. The number of hydrogen-bond acceptors (Lipinski definition) is 2. The van der Waals surface area contributed by atoms with E-state index in [2.05, 4.69) is 5.73 Å². The molecule has 2 heterocycles. The lowest BCUT2D eigenvalue weighted by atomic mass is 10.2. The standard InChI is InChI=1S/C13H16N2O2/c1-10-7-11-3-4-12(17-6-2-5-14)9-15(11)13(16)8-10/h3-4,7-9H,2,5-6,14H2,1H3/p+1. The van der Waals surface area contributed by atoms with E-state index in [1.807, 2.05) is 25.1 Å². The monoisotopic (exact) mass is 233 g/mol. The van der Waals surface area contributed by atoms with Gasteiger partial charge in [-0.05, 0) is 30.7 Å². The van der Waals surface area contributed by atoms with Crippen LogP contribution in [0.1, 0.15) is 12.0 Å². The van der Waals surface area contributed by atoms with Crippen LogP contribution in [0.5, 0.6) is 5.75 Å². The highest BCUT2D eigenvalue weighted by Gasteiger charge is 2.00. The highest BCUT2D eigenvalue weighted by atomic mass is 16.5. The van der Waals surface area contributed by atoms with Crippen molar-refractivity contribution >= 4 is 5.52 Å². The summed E-state index contributed by atoms with van der Waals surface area (Å²) in [6.45, 7) is 3.41. The van der Waals surface area contributed by atoms with E-state index in [-0.39, 0.29) is 5.56 Å². The van der Waals surface area contributed by atoms with Crippen LogP contribution in [0.4, 0.5) is 0 Å². The maximum Gasteiger partial charge on any atom is 0.255 e.